The standard InChI is InChI=1S/C25H30N2O6S/c1-3-30-22-8-6-21(7-9-22)12-13-25(18-27-15-14-26-19-27)31-16-23(33-25)17-32-34(28,29)24-10-4-20(2)5-11-24/h4-11,14-15,19,23H,3,12-13,16-18H2,1-2H3/t23-,25-/m0/s1. The van der Waals surface area contributed by atoms with Crippen LogP contribution >= 0.6 is 0 Å². The highest BCUT2D eigenvalue weighted by molar-refractivity contribution is 7.86. The van der Waals surface area contributed by atoms with E-state index in [-0.39, 0.29) is 18.1 Å². The van der Waals surface area contributed by atoms with Crippen molar-refractivity contribution >= 4 is 10.1 Å². The second-order valence-electron chi connectivity index (χ2n) is 8.33. The molecule has 9 heteroatoms. The number of ether oxygens (including phenoxy) is 3. The number of aromatic nitrogens is 2. The molecule has 4 rings (SSSR count). The zero-order chi connectivity index (χ0) is 24.0. The number of hydrogen-bond acceptors (Lipinski definition) is 7. The molecule has 34 heavy (non-hydrogen) atoms. The minimum absolute atomic E-state index is 0.120. The van der Waals surface area contributed by atoms with Gasteiger partial charge in [-0.15, -0.1) is 0 Å². The van der Waals surface area contributed by atoms with Crippen LogP contribution in [-0.4, -0.2) is 49.7 Å². The van der Waals surface area contributed by atoms with Gasteiger partial charge in [0.1, 0.15) is 11.9 Å². The lowest BCUT2D eigenvalue weighted by Crippen LogP contribution is -2.37. The molecule has 8 nitrogen and oxygen atoms in total. The van der Waals surface area contributed by atoms with Gasteiger partial charge >= 0.3 is 0 Å². The summed E-state index contributed by atoms with van der Waals surface area (Å²) in [6, 6.07) is 14.5. The summed E-state index contributed by atoms with van der Waals surface area (Å²) in [5.41, 5.74) is 2.10. The number of rotatable bonds is 11. The predicted molar refractivity (Wildman–Crippen MR) is 126 cm³/mol. The Morgan fingerprint density at radius 1 is 1.15 bits per heavy atom. The largest absolute Gasteiger partial charge is 0.494 e. The molecule has 0 saturated carbocycles. The first-order valence-electron chi connectivity index (χ1n) is 11.3. The molecular formula is C25H30N2O6S. The van der Waals surface area contributed by atoms with Crippen molar-refractivity contribution in [3.05, 3.63) is 78.4 Å². The van der Waals surface area contributed by atoms with Crippen LogP contribution in [0, 0.1) is 6.92 Å². The maximum absolute atomic E-state index is 12.6. The van der Waals surface area contributed by atoms with Crippen molar-refractivity contribution in [2.75, 3.05) is 19.8 Å². The Kier molecular flexibility index (Phi) is 7.67. The van der Waals surface area contributed by atoms with Crippen LogP contribution in [0.15, 0.2) is 72.1 Å². The Labute approximate surface area is 200 Å². The Balaban J connectivity index is 1.40. The van der Waals surface area contributed by atoms with Gasteiger partial charge in [-0.2, -0.15) is 8.42 Å². The molecule has 0 N–H and O–H groups in total. The molecule has 1 aliphatic heterocycles. The van der Waals surface area contributed by atoms with E-state index in [2.05, 4.69) is 4.98 Å². The van der Waals surface area contributed by atoms with Crippen LogP contribution in [-0.2, 0) is 36.7 Å². The number of hydrogen-bond donors (Lipinski definition) is 0. The van der Waals surface area contributed by atoms with E-state index in [1.54, 1.807) is 24.7 Å². The minimum atomic E-state index is -3.88. The number of nitrogens with zero attached hydrogens (tertiary/aromatic N) is 2. The summed E-state index contributed by atoms with van der Waals surface area (Å²) in [7, 11) is -3.88. The smallest absolute Gasteiger partial charge is 0.297 e. The van der Waals surface area contributed by atoms with Crippen LogP contribution in [0.4, 0.5) is 0 Å². The van der Waals surface area contributed by atoms with Gasteiger partial charge in [0.2, 0.25) is 0 Å². The topological polar surface area (TPSA) is 88.9 Å². The van der Waals surface area contributed by atoms with Gasteiger partial charge in [-0.05, 0) is 50.1 Å². The minimum Gasteiger partial charge on any atom is -0.494 e. The fourth-order valence-electron chi connectivity index (χ4n) is 3.84. The number of imidazole rings is 1. The molecule has 2 aromatic carbocycles. The van der Waals surface area contributed by atoms with E-state index in [4.69, 9.17) is 18.4 Å². The molecule has 0 aliphatic carbocycles. The van der Waals surface area contributed by atoms with Gasteiger partial charge in [0.15, 0.2) is 5.79 Å². The van der Waals surface area contributed by atoms with Gasteiger partial charge in [0.25, 0.3) is 10.1 Å². The molecule has 1 aromatic heterocycles. The summed E-state index contributed by atoms with van der Waals surface area (Å²) in [5, 5.41) is 0. The van der Waals surface area contributed by atoms with Gasteiger partial charge in [-0.25, -0.2) is 4.98 Å². The molecule has 182 valence electrons. The van der Waals surface area contributed by atoms with Crippen molar-refractivity contribution < 1.29 is 26.8 Å². The van der Waals surface area contributed by atoms with Crippen molar-refractivity contribution in [3.8, 4) is 5.75 Å². The SMILES string of the molecule is CCOc1ccc(CC[C@]2(Cn3ccnc3)OC[C@@H](COS(=O)(=O)c3ccc(C)cc3)O2)cc1. The van der Waals surface area contributed by atoms with E-state index < -0.39 is 22.0 Å². The maximum atomic E-state index is 12.6. The molecule has 1 aliphatic rings. The van der Waals surface area contributed by atoms with E-state index in [9.17, 15) is 8.42 Å². The van der Waals surface area contributed by atoms with E-state index in [1.807, 2.05) is 48.9 Å². The fraction of sp³-hybridized carbons (Fsp3) is 0.400. The Bertz CT molecular complexity index is 1150. The molecule has 1 saturated heterocycles. The molecule has 2 atom stereocenters. The summed E-state index contributed by atoms with van der Waals surface area (Å²) in [6.07, 6.45) is 6.04. The van der Waals surface area contributed by atoms with Crippen molar-refractivity contribution in [2.45, 2.75) is 50.0 Å². The molecule has 0 radical (unpaired) electrons. The van der Waals surface area contributed by atoms with Gasteiger partial charge < -0.3 is 18.8 Å². The maximum Gasteiger partial charge on any atom is 0.297 e. The normalized spacial score (nSPS) is 20.5. The Morgan fingerprint density at radius 2 is 1.91 bits per heavy atom. The summed E-state index contributed by atoms with van der Waals surface area (Å²) in [6.45, 7) is 5.03. The van der Waals surface area contributed by atoms with Crippen LogP contribution in [0.2, 0.25) is 0 Å². The average molecular weight is 487 g/mol. The third kappa shape index (κ3) is 6.24. The molecule has 1 fully saturated rings. The van der Waals surface area contributed by atoms with Gasteiger partial charge in [-0.1, -0.05) is 29.8 Å². The van der Waals surface area contributed by atoms with Crippen LogP contribution in [0.5, 0.6) is 5.75 Å². The van der Waals surface area contributed by atoms with Crippen molar-refractivity contribution in [1.82, 2.24) is 9.55 Å². The summed E-state index contributed by atoms with van der Waals surface area (Å²) < 4.78 is 50.2. The van der Waals surface area contributed by atoms with Crippen molar-refractivity contribution in [3.63, 3.8) is 0 Å². The monoisotopic (exact) mass is 486 g/mol. The van der Waals surface area contributed by atoms with Gasteiger partial charge in [-0.3, -0.25) is 4.18 Å². The second kappa shape index (κ2) is 10.7. The van der Waals surface area contributed by atoms with Gasteiger partial charge in [0.05, 0.1) is 37.6 Å². The molecular weight excluding hydrogens is 456 g/mol. The zero-order valence-corrected chi connectivity index (χ0v) is 20.2. The summed E-state index contributed by atoms with van der Waals surface area (Å²) in [5.74, 6) is -0.0826. The molecule has 0 unspecified atom stereocenters. The lowest BCUT2D eigenvalue weighted by Gasteiger charge is -2.28. The third-order valence-corrected chi connectivity index (χ3v) is 6.94. The van der Waals surface area contributed by atoms with E-state index in [0.717, 1.165) is 23.3 Å². The quantitative estimate of drug-likeness (QED) is 0.382. The summed E-state index contributed by atoms with van der Waals surface area (Å²) >= 11 is 0. The highest BCUT2D eigenvalue weighted by Gasteiger charge is 2.42. The number of benzene rings is 2. The lowest BCUT2D eigenvalue weighted by molar-refractivity contribution is -0.184. The highest BCUT2D eigenvalue weighted by atomic mass is 32.2. The predicted octanol–water partition coefficient (Wildman–Crippen LogP) is 3.74. The first-order chi connectivity index (χ1) is 16.4. The van der Waals surface area contributed by atoms with Crippen LogP contribution in [0.25, 0.3) is 0 Å². The third-order valence-electron chi connectivity index (χ3n) is 5.64. The molecule has 2 heterocycles. The Hall–Kier alpha value is -2.72. The highest BCUT2D eigenvalue weighted by Crippen LogP contribution is 2.32. The summed E-state index contributed by atoms with van der Waals surface area (Å²) in [4.78, 5) is 4.22. The number of aryl methyl sites for hydroxylation is 2. The van der Waals surface area contributed by atoms with Gasteiger partial charge in [0, 0.05) is 18.8 Å². The van der Waals surface area contributed by atoms with Crippen molar-refractivity contribution in [1.29, 1.82) is 0 Å². The zero-order valence-electron chi connectivity index (χ0n) is 19.4. The van der Waals surface area contributed by atoms with E-state index in [0.29, 0.717) is 19.6 Å². The molecule has 3 aromatic rings. The fourth-order valence-corrected chi connectivity index (χ4v) is 4.78. The van der Waals surface area contributed by atoms with E-state index >= 15 is 0 Å². The van der Waals surface area contributed by atoms with Crippen LogP contribution in [0.1, 0.15) is 24.5 Å². The average Bonchev–Trinajstić information content (AvgIpc) is 3.48. The first kappa shape index (κ1) is 24.4. The van der Waals surface area contributed by atoms with Crippen molar-refractivity contribution in [2.24, 2.45) is 0 Å². The lowest BCUT2D eigenvalue weighted by atomic mass is 10.0. The van der Waals surface area contributed by atoms with E-state index in [1.165, 1.54) is 12.1 Å². The second-order valence-corrected chi connectivity index (χ2v) is 9.94. The molecule has 0 spiro atoms. The van der Waals surface area contributed by atoms with Crippen LogP contribution < -0.4 is 4.74 Å². The molecule has 0 amide bonds. The first-order valence-corrected chi connectivity index (χ1v) is 12.7. The molecule has 0 bridgehead atoms. The Morgan fingerprint density at radius 3 is 2.59 bits per heavy atom. The van der Waals surface area contributed by atoms with Crippen LogP contribution in [0.3, 0.4) is 0 Å².